The van der Waals surface area contributed by atoms with Gasteiger partial charge in [-0.15, -0.1) is 11.6 Å². The number of amides is 1. The molecule has 0 bridgehead atoms. The zero-order valence-corrected chi connectivity index (χ0v) is 9.34. The summed E-state index contributed by atoms with van der Waals surface area (Å²) in [5, 5.41) is 0. The summed E-state index contributed by atoms with van der Waals surface area (Å²) in [5.41, 5.74) is 0. The van der Waals surface area contributed by atoms with Gasteiger partial charge in [0.1, 0.15) is 5.88 Å². The number of hydrogen-bond donors (Lipinski definition) is 0. The topological polar surface area (TPSA) is 20.3 Å². The van der Waals surface area contributed by atoms with Gasteiger partial charge in [0.05, 0.1) is 0 Å². The Labute approximate surface area is 85.2 Å². The van der Waals surface area contributed by atoms with E-state index in [2.05, 4.69) is 20.8 Å². The number of rotatable bonds is 4. The van der Waals surface area contributed by atoms with Gasteiger partial charge < -0.3 is 4.90 Å². The van der Waals surface area contributed by atoms with Crippen molar-refractivity contribution in [1.29, 1.82) is 0 Å². The molecule has 3 heteroatoms. The van der Waals surface area contributed by atoms with Gasteiger partial charge in [0, 0.05) is 12.1 Å². The van der Waals surface area contributed by atoms with Gasteiger partial charge in [-0.25, -0.2) is 0 Å². The molecule has 2 nitrogen and oxygen atoms in total. The number of nitrogens with zero attached hydrogens (tertiary/aromatic N) is 1. The van der Waals surface area contributed by atoms with Crippen LogP contribution in [0.2, 0.25) is 0 Å². The summed E-state index contributed by atoms with van der Waals surface area (Å²) in [6.07, 6.45) is 2.30. The van der Waals surface area contributed by atoms with E-state index in [1.165, 1.54) is 0 Å². The first-order valence-electron chi connectivity index (χ1n) is 4.95. The largest absolute Gasteiger partial charge is 0.336 e. The Bertz CT molecular complexity index is 189. The lowest BCUT2D eigenvalue weighted by molar-refractivity contribution is -0.132. The van der Waals surface area contributed by atoms with Crippen LogP contribution in [0.4, 0.5) is 0 Å². The van der Waals surface area contributed by atoms with E-state index in [0.29, 0.717) is 18.0 Å². The summed E-state index contributed by atoms with van der Waals surface area (Å²) < 4.78 is 0. The molecule has 0 aromatic carbocycles. The number of alkyl halides is 1. The molecule has 1 rings (SSSR count). The van der Waals surface area contributed by atoms with E-state index in [1.54, 1.807) is 0 Å². The molecule has 1 aliphatic carbocycles. The van der Waals surface area contributed by atoms with Gasteiger partial charge >= 0.3 is 0 Å². The summed E-state index contributed by atoms with van der Waals surface area (Å²) in [6.45, 7) is 6.39. The maximum Gasteiger partial charge on any atom is 0.237 e. The third-order valence-electron chi connectivity index (χ3n) is 2.75. The summed E-state index contributed by atoms with van der Waals surface area (Å²) in [4.78, 5) is 13.5. The highest BCUT2D eigenvalue weighted by molar-refractivity contribution is 6.27. The van der Waals surface area contributed by atoms with Crippen LogP contribution in [0.25, 0.3) is 0 Å². The quantitative estimate of drug-likeness (QED) is 0.642. The molecular formula is C10H18ClNO. The summed E-state index contributed by atoms with van der Waals surface area (Å²) in [6, 6.07) is 0.794. The molecule has 1 saturated carbocycles. The summed E-state index contributed by atoms with van der Waals surface area (Å²) in [5.74, 6) is 0.714. The van der Waals surface area contributed by atoms with Crippen molar-refractivity contribution < 1.29 is 4.79 Å². The smallest absolute Gasteiger partial charge is 0.237 e. The fourth-order valence-corrected chi connectivity index (χ4v) is 1.64. The molecule has 1 aliphatic rings. The van der Waals surface area contributed by atoms with Crippen LogP contribution in [0, 0.1) is 5.92 Å². The highest BCUT2D eigenvalue weighted by Crippen LogP contribution is 2.30. The minimum Gasteiger partial charge on any atom is -0.336 e. The predicted molar refractivity (Wildman–Crippen MR) is 54.9 cm³/mol. The summed E-state index contributed by atoms with van der Waals surface area (Å²) >= 11 is 5.58. The second-order valence-corrected chi connectivity index (χ2v) is 4.42. The number of carbonyl (C=O) groups is 1. The van der Waals surface area contributed by atoms with Crippen molar-refractivity contribution >= 4 is 17.5 Å². The van der Waals surface area contributed by atoms with Crippen molar-refractivity contribution in [3.05, 3.63) is 0 Å². The Balaban J connectivity index is 2.61. The first-order chi connectivity index (χ1) is 6.07. The second-order valence-electron chi connectivity index (χ2n) is 4.15. The maximum absolute atomic E-state index is 11.5. The highest BCUT2D eigenvalue weighted by Gasteiger charge is 2.35. The van der Waals surface area contributed by atoms with Crippen molar-refractivity contribution in [2.45, 2.75) is 45.7 Å². The fraction of sp³-hybridized carbons (Fsp3) is 0.900. The van der Waals surface area contributed by atoms with Gasteiger partial charge in [0.25, 0.3) is 0 Å². The van der Waals surface area contributed by atoms with Gasteiger partial charge in [-0.3, -0.25) is 4.79 Å². The monoisotopic (exact) mass is 203 g/mol. The lowest BCUT2D eigenvalue weighted by atomic mass is 10.0. The van der Waals surface area contributed by atoms with E-state index in [9.17, 15) is 4.79 Å². The lowest BCUT2D eigenvalue weighted by Gasteiger charge is -2.31. The third kappa shape index (κ3) is 2.60. The molecule has 1 atom stereocenters. The number of halogens is 1. The van der Waals surface area contributed by atoms with Crippen molar-refractivity contribution in [3.63, 3.8) is 0 Å². The molecule has 0 unspecified atom stereocenters. The molecule has 0 aromatic rings. The minimum atomic E-state index is 0.0883. The third-order valence-corrected chi connectivity index (χ3v) is 2.97. The number of carbonyl (C=O) groups excluding carboxylic acids is 1. The average molecular weight is 204 g/mol. The molecule has 0 saturated heterocycles. The molecule has 0 radical (unpaired) electrons. The van der Waals surface area contributed by atoms with Crippen LogP contribution in [0.3, 0.4) is 0 Å². The van der Waals surface area contributed by atoms with Gasteiger partial charge in [0.2, 0.25) is 5.91 Å². The molecule has 1 fully saturated rings. The lowest BCUT2D eigenvalue weighted by Crippen LogP contribution is -2.43. The van der Waals surface area contributed by atoms with Crippen molar-refractivity contribution in [2.75, 3.05) is 5.88 Å². The first kappa shape index (κ1) is 10.8. The van der Waals surface area contributed by atoms with Crippen LogP contribution in [0.1, 0.15) is 33.6 Å². The van der Waals surface area contributed by atoms with E-state index in [1.807, 2.05) is 4.90 Å². The van der Waals surface area contributed by atoms with E-state index in [-0.39, 0.29) is 11.8 Å². The SMILES string of the molecule is CC(C)[C@@H](C)N(C(=O)CCl)C1CC1. The maximum atomic E-state index is 11.5. The van der Waals surface area contributed by atoms with Crippen LogP contribution in [-0.2, 0) is 4.79 Å². The minimum absolute atomic E-state index is 0.0883. The van der Waals surface area contributed by atoms with Gasteiger partial charge in [-0.05, 0) is 25.7 Å². The Kier molecular flexibility index (Phi) is 3.60. The fourth-order valence-electron chi connectivity index (χ4n) is 1.51. The van der Waals surface area contributed by atoms with E-state index >= 15 is 0 Å². The van der Waals surface area contributed by atoms with Gasteiger partial charge in [-0.2, -0.15) is 0 Å². The van der Waals surface area contributed by atoms with Gasteiger partial charge in [-0.1, -0.05) is 13.8 Å². The predicted octanol–water partition coefficient (Wildman–Crippen LogP) is 2.26. The van der Waals surface area contributed by atoms with Crippen LogP contribution in [0.15, 0.2) is 0 Å². The molecule has 0 N–H and O–H groups in total. The first-order valence-corrected chi connectivity index (χ1v) is 5.48. The van der Waals surface area contributed by atoms with Gasteiger partial charge in [0.15, 0.2) is 0 Å². The molecule has 0 heterocycles. The van der Waals surface area contributed by atoms with E-state index < -0.39 is 0 Å². The molecule has 0 aliphatic heterocycles. The molecule has 0 spiro atoms. The highest BCUT2D eigenvalue weighted by atomic mass is 35.5. The van der Waals surface area contributed by atoms with Crippen molar-refractivity contribution in [2.24, 2.45) is 5.92 Å². The van der Waals surface area contributed by atoms with E-state index in [0.717, 1.165) is 12.8 Å². The Morgan fingerprint density at radius 2 is 2.00 bits per heavy atom. The zero-order chi connectivity index (χ0) is 10.0. The normalized spacial score (nSPS) is 18.8. The second kappa shape index (κ2) is 4.32. The molecule has 0 aromatic heterocycles. The Hall–Kier alpha value is -0.240. The van der Waals surface area contributed by atoms with Crippen LogP contribution >= 0.6 is 11.6 Å². The Morgan fingerprint density at radius 3 is 2.31 bits per heavy atom. The summed E-state index contributed by atoms with van der Waals surface area (Å²) in [7, 11) is 0. The van der Waals surface area contributed by atoms with Crippen LogP contribution in [-0.4, -0.2) is 28.8 Å². The van der Waals surface area contributed by atoms with E-state index in [4.69, 9.17) is 11.6 Å². The number of hydrogen-bond acceptors (Lipinski definition) is 1. The average Bonchev–Trinajstić information content (AvgIpc) is 2.88. The molecule has 76 valence electrons. The van der Waals surface area contributed by atoms with Crippen LogP contribution < -0.4 is 0 Å². The van der Waals surface area contributed by atoms with Crippen molar-refractivity contribution in [3.8, 4) is 0 Å². The molecule has 13 heavy (non-hydrogen) atoms. The molecular weight excluding hydrogens is 186 g/mol. The molecule has 1 amide bonds. The zero-order valence-electron chi connectivity index (χ0n) is 8.59. The standard InChI is InChI=1S/C10H18ClNO/c1-7(2)8(3)12(9-4-5-9)10(13)6-11/h7-9H,4-6H2,1-3H3/t8-/m1/s1. The van der Waals surface area contributed by atoms with Crippen molar-refractivity contribution in [1.82, 2.24) is 4.90 Å². The van der Waals surface area contributed by atoms with Crippen LogP contribution in [0.5, 0.6) is 0 Å². The Morgan fingerprint density at radius 1 is 1.46 bits per heavy atom.